The summed E-state index contributed by atoms with van der Waals surface area (Å²) in [6.45, 7) is 14.9. The molecular formula is C28H40N4O3S. The number of nitrogens with one attached hydrogen (secondary N) is 1. The van der Waals surface area contributed by atoms with Gasteiger partial charge in [0.15, 0.2) is 0 Å². The van der Waals surface area contributed by atoms with Gasteiger partial charge in [-0.15, -0.1) is 0 Å². The van der Waals surface area contributed by atoms with Crippen molar-refractivity contribution in [1.82, 2.24) is 19.1 Å². The molecule has 7 nitrogen and oxygen atoms in total. The maximum absolute atomic E-state index is 13.2. The molecule has 0 saturated carbocycles. The molecule has 0 amide bonds. The van der Waals surface area contributed by atoms with Gasteiger partial charge in [0.1, 0.15) is 5.82 Å². The molecular weight excluding hydrogens is 472 g/mol. The molecule has 3 aromatic rings. The van der Waals surface area contributed by atoms with E-state index in [0.717, 1.165) is 36.2 Å². The number of hydrogen-bond acceptors (Lipinski definition) is 4. The average Bonchev–Trinajstić information content (AvgIpc) is 3.04. The van der Waals surface area contributed by atoms with Gasteiger partial charge in [0.2, 0.25) is 10.0 Å². The van der Waals surface area contributed by atoms with Crippen molar-refractivity contribution in [3.8, 4) is 11.1 Å². The first kappa shape index (κ1) is 27.9. The molecule has 196 valence electrons. The van der Waals surface area contributed by atoms with Crippen LogP contribution in [0, 0.1) is 5.41 Å². The number of aromatic nitrogens is 3. The highest BCUT2D eigenvalue weighted by Crippen LogP contribution is 2.28. The third-order valence-corrected chi connectivity index (χ3v) is 7.42. The molecule has 1 N–H and O–H groups in total. The largest absolute Gasteiger partial charge is 0.346 e. The summed E-state index contributed by atoms with van der Waals surface area (Å²) < 4.78 is 32.2. The molecule has 0 spiro atoms. The van der Waals surface area contributed by atoms with Crippen molar-refractivity contribution in [1.29, 1.82) is 0 Å². The highest BCUT2D eigenvalue weighted by atomic mass is 32.2. The van der Waals surface area contributed by atoms with Crippen molar-refractivity contribution in [2.45, 2.75) is 91.3 Å². The van der Waals surface area contributed by atoms with E-state index in [1.165, 1.54) is 0 Å². The number of nitrogens with zero attached hydrogens (tertiary/aromatic N) is 3. The van der Waals surface area contributed by atoms with Gasteiger partial charge in [-0.05, 0) is 49.8 Å². The van der Waals surface area contributed by atoms with Gasteiger partial charge in [-0.25, -0.2) is 22.6 Å². The summed E-state index contributed by atoms with van der Waals surface area (Å²) in [6, 6.07) is 14.7. The molecule has 36 heavy (non-hydrogen) atoms. The fourth-order valence-electron chi connectivity index (χ4n) is 4.09. The lowest BCUT2D eigenvalue weighted by molar-refractivity contribution is 0.317. The fourth-order valence-corrected chi connectivity index (χ4v) is 5.74. The molecule has 3 rings (SSSR count). The van der Waals surface area contributed by atoms with Crippen molar-refractivity contribution in [3.63, 3.8) is 0 Å². The standard InChI is InChI=1S/C28H40N4O3S/c1-8-9-14-25-29-32(20-27(2,3)4)26(33)31(25)19-21-15-17-22(18-16-21)23-12-10-11-13-24(23)36(34,35)30-28(5,6)7/h10-13,15-18,30H,8-9,14,19-20H2,1-7H3. The maximum Gasteiger partial charge on any atom is 0.346 e. The summed E-state index contributed by atoms with van der Waals surface area (Å²) in [6.07, 6.45) is 2.76. The van der Waals surface area contributed by atoms with E-state index in [0.29, 0.717) is 18.7 Å². The fraction of sp³-hybridized carbons (Fsp3) is 0.500. The zero-order valence-corrected chi connectivity index (χ0v) is 23.4. The summed E-state index contributed by atoms with van der Waals surface area (Å²) >= 11 is 0. The van der Waals surface area contributed by atoms with Crippen LogP contribution >= 0.6 is 0 Å². The van der Waals surface area contributed by atoms with Gasteiger partial charge in [0.05, 0.1) is 18.0 Å². The van der Waals surface area contributed by atoms with Gasteiger partial charge in [-0.3, -0.25) is 4.57 Å². The van der Waals surface area contributed by atoms with E-state index in [1.807, 2.05) is 57.2 Å². The molecule has 0 saturated heterocycles. The normalized spacial score (nSPS) is 12.8. The lowest BCUT2D eigenvalue weighted by Crippen LogP contribution is -2.40. The van der Waals surface area contributed by atoms with Crippen molar-refractivity contribution in [2.75, 3.05) is 0 Å². The van der Waals surface area contributed by atoms with Crippen LogP contribution in [0.2, 0.25) is 0 Å². The van der Waals surface area contributed by atoms with Crippen molar-refractivity contribution >= 4 is 10.0 Å². The Kier molecular flexibility index (Phi) is 8.30. The van der Waals surface area contributed by atoms with Crippen molar-refractivity contribution in [3.05, 3.63) is 70.4 Å². The van der Waals surface area contributed by atoms with Crippen LogP contribution in [0.4, 0.5) is 0 Å². The number of hydrogen-bond donors (Lipinski definition) is 1. The minimum Gasteiger partial charge on any atom is -0.274 e. The molecule has 0 radical (unpaired) electrons. The number of sulfonamides is 1. The van der Waals surface area contributed by atoms with Gasteiger partial charge in [-0.2, -0.15) is 5.10 Å². The SMILES string of the molecule is CCCCc1nn(CC(C)(C)C)c(=O)n1Cc1ccc(-c2ccccc2S(=O)(=O)NC(C)(C)C)cc1. The highest BCUT2D eigenvalue weighted by molar-refractivity contribution is 7.89. The third-order valence-electron chi connectivity index (χ3n) is 5.60. The van der Waals surface area contributed by atoms with E-state index in [-0.39, 0.29) is 16.0 Å². The van der Waals surface area contributed by atoms with Crippen LogP contribution < -0.4 is 10.4 Å². The minimum absolute atomic E-state index is 0.0533. The van der Waals surface area contributed by atoms with Crippen molar-refractivity contribution in [2.24, 2.45) is 5.41 Å². The Hall–Kier alpha value is -2.71. The lowest BCUT2D eigenvalue weighted by Gasteiger charge is -2.21. The Morgan fingerprint density at radius 3 is 2.17 bits per heavy atom. The van der Waals surface area contributed by atoms with Crippen LogP contribution in [0.15, 0.2) is 58.2 Å². The van der Waals surface area contributed by atoms with Crippen molar-refractivity contribution < 1.29 is 8.42 Å². The first-order valence-electron chi connectivity index (χ1n) is 12.6. The predicted octanol–water partition coefficient (Wildman–Crippen LogP) is 5.23. The molecule has 8 heteroatoms. The lowest BCUT2D eigenvalue weighted by atomic mass is 9.97. The second-order valence-corrected chi connectivity index (χ2v) is 13.3. The third kappa shape index (κ3) is 7.17. The Morgan fingerprint density at radius 1 is 0.944 bits per heavy atom. The van der Waals surface area contributed by atoms with Crippen LogP contribution in [-0.2, 0) is 29.5 Å². The zero-order valence-electron chi connectivity index (χ0n) is 22.6. The molecule has 0 unspecified atom stereocenters. The number of unbranched alkanes of at least 4 members (excludes halogenated alkanes) is 1. The smallest absolute Gasteiger partial charge is 0.274 e. The molecule has 1 heterocycles. The van der Waals surface area contributed by atoms with Crippen LogP contribution in [0.3, 0.4) is 0 Å². The van der Waals surface area contributed by atoms with E-state index >= 15 is 0 Å². The molecule has 0 fully saturated rings. The van der Waals surface area contributed by atoms with Crippen LogP contribution in [-0.4, -0.2) is 28.3 Å². The number of benzene rings is 2. The molecule has 1 aromatic heterocycles. The van der Waals surface area contributed by atoms with Gasteiger partial charge in [0.25, 0.3) is 0 Å². The summed E-state index contributed by atoms with van der Waals surface area (Å²) in [7, 11) is -3.69. The number of aryl methyl sites for hydroxylation is 1. The topological polar surface area (TPSA) is 86.0 Å². The zero-order chi connectivity index (χ0) is 26.7. The van der Waals surface area contributed by atoms with Gasteiger partial charge in [-0.1, -0.05) is 76.6 Å². The summed E-state index contributed by atoms with van der Waals surface area (Å²) in [4.78, 5) is 13.4. The average molecular weight is 513 g/mol. The number of rotatable bonds is 9. The molecule has 2 aromatic carbocycles. The Labute approximate surface area is 215 Å². The summed E-state index contributed by atoms with van der Waals surface area (Å²) in [5.74, 6) is 0.805. The van der Waals surface area contributed by atoms with Gasteiger partial charge >= 0.3 is 5.69 Å². The first-order chi connectivity index (χ1) is 16.7. The Balaban J connectivity index is 1.93. The second-order valence-electron chi connectivity index (χ2n) is 11.7. The maximum atomic E-state index is 13.2. The van der Waals surface area contributed by atoms with E-state index in [1.54, 1.807) is 21.4 Å². The first-order valence-corrected chi connectivity index (χ1v) is 14.1. The van der Waals surface area contributed by atoms with Gasteiger partial charge in [0, 0.05) is 17.5 Å². The van der Waals surface area contributed by atoms with Crippen LogP contribution in [0.25, 0.3) is 11.1 Å². The molecule has 0 aliphatic heterocycles. The van der Waals surface area contributed by atoms with E-state index in [9.17, 15) is 13.2 Å². The molecule has 0 aliphatic carbocycles. The van der Waals surface area contributed by atoms with E-state index in [2.05, 4.69) is 37.5 Å². The summed E-state index contributed by atoms with van der Waals surface area (Å²) in [5, 5.41) is 4.66. The summed E-state index contributed by atoms with van der Waals surface area (Å²) in [5.41, 5.74) is 1.67. The van der Waals surface area contributed by atoms with Gasteiger partial charge < -0.3 is 0 Å². The highest BCUT2D eigenvalue weighted by Gasteiger charge is 2.25. The van der Waals surface area contributed by atoms with Crippen LogP contribution in [0.1, 0.15) is 72.7 Å². The van der Waals surface area contributed by atoms with E-state index < -0.39 is 15.6 Å². The second kappa shape index (κ2) is 10.7. The Morgan fingerprint density at radius 2 is 1.58 bits per heavy atom. The molecule has 0 bridgehead atoms. The quantitative estimate of drug-likeness (QED) is 0.426. The molecule has 0 atom stereocenters. The minimum atomic E-state index is -3.69. The van der Waals surface area contributed by atoms with Crippen LogP contribution in [0.5, 0.6) is 0 Å². The van der Waals surface area contributed by atoms with E-state index in [4.69, 9.17) is 0 Å². The monoisotopic (exact) mass is 512 g/mol. The predicted molar refractivity (Wildman–Crippen MR) is 146 cm³/mol. The Bertz CT molecular complexity index is 1340. The molecule has 0 aliphatic rings.